The number of nitrogens with one attached hydrogen (secondary N) is 1. The van der Waals surface area contributed by atoms with Gasteiger partial charge in [0.1, 0.15) is 17.6 Å². The lowest BCUT2D eigenvalue weighted by atomic mass is 10.1. The van der Waals surface area contributed by atoms with Gasteiger partial charge in [0, 0.05) is 31.0 Å². The standard InChI is InChI=1S/C23H27N7O2S/c1-3-4-12-29-21-19(26-23(29)28-11-7-8-16(24)14-28)13-25-30(22(21)32)15-20(31)17-9-5-6-10-18(17)27-33-2/h5-6,9-10,13,16,27H,7-8,11-12,14-15,24H2,1-2H3. The zero-order valence-electron chi connectivity index (χ0n) is 18.7. The SMILES string of the molecule is CC#CCn1c(N2CCCC(N)C2)nc2cnn(CC(=O)c3ccccc3NSC)c(=O)c21. The van der Waals surface area contributed by atoms with Crippen LogP contribution in [0.15, 0.2) is 35.3 Å². The molecule has 0 radical (unpaired) electrons. The third kappa shape index (κ3) is 4.74. The summed E-state index contributed by atoms with van der Waals surface area (Å²) < 4.78 is 6.12. The number of carbonyl (C=O) groups excluding carboxylic acids is 1. The van der Waals surface area contributed by atoms with Crippen molar-refractivity contribution < 1.29 is 4.79 Å². The van der Waals surface area contributed by atoms with Gasteiger partial charge in [0.2, 0.25) is 5.95 Å². The average molecular weight is 466 g/mol. The van der Waals surface area contributed by atoms with Gasteiger partial charge in [-0.1, -0.05) is 30.0 Å². The van der Waals surface area contributed by atoms with E-state index < -0.39 is 0 Å². The van der Waals surface area contributed by atoms with Crippen molar-refractivity contribution in [1.29, 1.82) is 0 Å². The molecule has 10 heteroatoms. The summed E-state index contributed by atoms with van der Waals surface area (Å²) in [5, 5.41) is 4.25. The van der Waals surface area contributed by atoms with E-state index in [1.165, 1.54) is 16.6 Å². The molecule has 1 aromatic carbocycles. The van der Waals surface area contributed by atoms with Crippen LogP contribution in [0.2, 0.25) is 0 Å². The summed E-state index contributed by atoms with van der Waals surface area (Å²) in [4.78, 5) is 33.2. The quantitative estimate of drug-likeness (QED) is 0.310. The highest BCUT2D eigenvalue weighted by Crippen LogP contribution is 2.23. The molecule has 1 atom stereocenters. The Morgan fingerprint density at radius 3 is 2.94 bits per heavy atom. The second-order valence-electron chi connectivity index (χ2n) is 7.89. The van der Waals surface area contributed by atoms with Gasteiger partial charge in [-0.25, -0.2) is 9.67 Å². The number of fused-ring (bicyclic) bond motifs is 1. The fourth-order valence-corrected chi connectivity index (χ4v) is 4.47. The molecule has 172 valence electrons. The van der Waals surface area contributed by atoms with E-state index in [1.54, 1.807) is 25.3 Å². The monoisotopic (exact) mass is 465 g/mol. The number of hydrogen-bond acceptors (Lipinski definition) is 8. The van der Waals surface area contributed by atoms with Crippen LogP contribution in [0.5, 0.6) is 0 Å². The van der Waals surface area contributed by atoms with E-state index in [0.717, 1.165) is 19.4 Å². The molecule has 1 aliphatic heterocycles. The molecule has 3 heterocycles. The minimum Gasteiger partial charge on any atom is -0.341 e. The Hall–Kier alpha value is -3.29. The van der Waals surface area contributed by atoms with Crippen LogP contribution in [0, 0.1) is 11.8 Å². The summed E-state index contributed by atoms with van der Waals surface area (Å²) in [6.07, 6.45) is 5.35. The van der Waals surface area contributed by atoms with Crippen LogP contribution < -0.4 is 20.9 Å². The summed E-state index contributed by atoms with van der Waals surface area (Å²) in [7, 11) is 0. The van der Waals surface area contributed by atoms with Crippen LogP contribution in [0.3, 0.4) is 0 Å². The minimum atomic E-state index is -0.367. The number of imidazole rings is 1. The van der Waals surface area contributed by atoms with Gasteiger partial charge in [-0.2, -0.15) is 5.10 Å². The molecule has 1 aliphatic rings. The number of hydrogen-bond donors (Lipinski definition) is 2. The number of ketones is 1. The van der Waals surface area contributed by atoms with Crippen LogP contribution in [0.1, 0.15) is 30.1 Å². The Bertz CT molecular complexity index is 1290. The number of anilines is 2. The Morgan fingerprint density at radius 2 is 2.18 bits per heavy atom. The summed E-state index contributed by atoms with van der Waals surface area (Å²) >= 11 is 1.40. The fourth-order valence-electron chi connectivity index (χ4n) is 4.07. The smallest absolute Gasteiger partial charge is 0.293 e. The molecular weight excluding hydrogens is 438 g/mol. The molecule has 4 rings (SSSR count). The summed E-state index contributed by atoms with van der Waals surface area (Å²) in [6, 6.07) is 7.28. The summed E-state index contributed by atoms with van der Waals surface area (Å²) in [6.45, 7) is 3.39. The number of Topliss-reactive ketones (excluding diaryl/α,β-unsaturated/α-hetero) is 1. The minimum absolute atomic E-state index is 0.0617. The molecule has 3 aromatic rings. The molecule has 33 heavy (non-hydrogen) atoms. The lowest BCUT2D eigenvalue weighted by molar-refractivity contribution is 0.0966. The van der Waals surface area contributed by atoms with Crippen LogP contribution in [-0.4, -0.2) is 50.5 Å². The molecule has 0 bridgehead atoms. The fraction of sp³-hybridized carbons (Fsp3) is 0.391. The van der Waals surface area contributed by atoms with Gasteiger partial charge in [-0.15, -0.1) is 5.92 Å². The third-order valence-electron chi connectivity index (χ3n) is 5.62. The molecule has 1 unspecified atom stereocenters. The molecule has 0 amide bonds. The predicted octanol–water partition coefficient (Wildman–Crippen LogP) is 2.12. The Morgan fingerprint density at radius 1 is 1.36 bits per heavy atom. The van der Waals surface area contributed by atoms with Crippen molar-refractivity contribution in [2.45, 2.75) is 38.9 Å². The average Bonchev–Trinajstić information content (AvgIpc) is 3.19. The van der Waals surface area contributed by atoms with Gasteiger partial charge in [0.15, 0.2) is 5.78 Å². The van der Waals surface area contributed by atoms with Gasteiger partial charge >= 0.3 is 0 Å². The third-order valence-corrected chi connectivity index (χ3v) is 6.04. The van der Waals surface area contributed by atoms with Gasteiger partial charge in [-0.05, 0) is 31.9 Å². The molecule has 9 nitrogen and oxygen atoms in total. The van der Waals surface area contributed by atoms with Gasteiger partial charge in [0.05, 0.1) is 18.4 Å². The number of aromatic nitrogens is 4. The molecule has 3 N–H and O–H groups in total. The highest BCUT2D eigenvalue weighted by atomic mass is 32.2. The van der Waals surface area contributed by atoms with Gasteiger partial charge in [-0.3, -0.25) is 14.2 Å². The predicted molar refractivity (Wildman–Crippen MR) is 133 cm³/mol. The molecule has 0 saturated carbocycles. The van der Waals surface area contributed by atoms with Gasteiger partial charge in [0.25, 0.3) is 5.56 Å². The number of para-hydroxylation sites is 1. The van der Waals surface area contributed by atoms with Crippen molar-refractivity contribution >= 4 is 40.4 Å². The molecule has 1 fully saturated rings. The number of nitrogens with zero attached hydrogens (tertiary/aromatic N) is 5. The number of nitrogens with two attached hydrogens (primary N) is 1. The first kappa shape index (κ1) is 22.9. The molecule has 1 saturated heterocycles. The first-order chi connectivity index (χ1) is 16.0. The van der Waals surface area contributed by atoms with E-state index >= 15 is 0 Å². The van der Waals surface area contributed by atoms with E-state index in [-0.39, 0.29) is 23.9 Å². The van der Waals surface area contributed by atoms with Crippen molar-refractivity contribution in [3.8, 4) is 11.8 Å². The molecule has 0 spiro atoms. The molecule has 2 aromatic heterocycles. The maximum Gasteiger partial charge on any atom is 0.293 e. The lowest BCUT2D eigenvalue weighted by Crippen LogP contribution is -2.44. The van der Waals surface area contributed by atoms with Crippen LogP contribution >= 0.6 is 11.9 Å². The first-order valence-electron chi connectivity index (χ1n) is 10.8. The van der Waals surface area contributed by atoms with E-state index in [0.29, 0.717) is 41.3 Å². The van der Waals surface area contributed by atoms with Crippen LogP contribution in [-0.2, 0) is 13.1 Å². The highest BCUT2D eigenvalue weighted by molar-refractivity contribution is 7.99. The summed E-state index contributed by atoms with van der Waals surface area (Å²) in [5.74, 6) is 6.38. The maximum absolute atomic E-state index is 13.4. The Kier molecular flexibility index (Phi) is 7.01. The largest absolute Gasteiger partial charge is 0.341 e. The van der Waals surface area contributed by atoms with Crippen LogP contribution in [0.4, 0.5) is 11.6 Å². The Labute approximate surface area is 196 Å². The van der Waals surface area contributed by atoms with Crippen molar-refractivity contribution in [3.63, 3.8) is 0 Å². The molecular formula is C23H27N7O2S. The maximum atomic E-state index is 13.4. The van der Waals surface area contributed by atoms with Gasteiger partial charge < -0.3 is 15.4 Å². The first-order valence-corrected chi connectivity index (χ1v) is 12.0. The zero-order chi connectivity index (χ0) is 23.4. The van der Waals surface area contributed by atoms with Crippen molar-refractivity contribution in [2.24, 2.45) is 5.73 Å². The van der Waals surface area contributed by atoms with Crippen molar-refractivity contribution in [2.75, 3.05) is 29.0 Å². The second-order valence-corrected chi connectivity index (χ2v) is 8.50. The van der Waals surface area contributed by atoms with E-state index in [9.17, 15) is 9.59 Å². The number of carbonyl (C=O) groups is 1. The number of benzene rings is 1. The second kappa shape index (κ2) is 10.1. The lowest BCUT2D eigenvalue weighted by Gasteiger charge is -2.31. The zero-order valence-corrected chi connectivity index (χ0v) is 19.6. The Balaban J connectivity index is 1.74. The topological polar surface area (TPSA) is 111 Å². The van der Waals surface area contributed by atoms with Crippen LogP contribution in [0.25, 0.3) is 11.0 Å². The van der Waals surface area contributed by atoms with Crippen molar-refractivity contribution in [3.05, 3.63) is 46.4 Å². The summed E-state index contributed by atoms with van der Waals surface area (Å²) in [5.41, 5.74) is 7.90. The van der Waals surface area contributed by atoms with E-state index in [2.05, 4.69) is 26.6 Å². The highest BCUT2D eigenvalue weighted by Gasteiger charge is 2.24. The van der Waals surface area contributed by atoms with Crippen molar-refractivity contribution in [1.82, 2.24) is 19.3 Å². The van der Waals surface area contributed by atoms with E-state index in [4.69, 9.17) is 10.7 Å². The molecule has 0 aliphatic carbocycles. The number of rotatable bonds is 7. The van der Waals surface area contributed by atoms with E-state index in [1.807, 2.05) is 23.0 Å². The number of piperidine rings is 1. The normalized spacial score (nSPS) is 15.8.